The van der Waals surface area contributed by atoms with Crippen LogP contribution in [0.5, 0.6) is 0 Å². The molecular weight excluding hydrogens is 370 g/mol. The number of anilines is 1. The molecule has 0 saturated heterocycles. The Bertz CT molecular complexity index is 1010. The van der Waals surface area contributed by atoms with E-state index in [9.17, 15) is 9.59 Å². The highest BCUT2D eigenvalue weighted by molar-refractivity contribution is 7.99. The molecular formula is C18H19N3O3S2. The fraction of sp³-hybridized carbons (Fsp3) is 0.278. The van der Waals surface area contributed by atoms with Gasteiger partial charge in [-0.05, 0) is 31.0 Å². The number of aromatic nitrogens is 2. The SMILES string of the molecule is COCCSc1nc2sc(C(=O)Nc3ccccc3C)c(C)c2c(=O)[nH]1. The molecule has 2 heterocycles. The summed E-state index contributed by atoms with van der Waals surface area (Å²) < 4.78 is 5.01. The normalized spacial score (nSPS) is 11.0. The second-order valence-corrected chi connectivity index (χ2v) is 7.80. The molecule has 2 aromatic heterocycles. The molecule has 8 heteroatoms. The molecule has 0 aliphatic heterocycles. The summed E-state index contributed by atoms with van der Waals surface area (Å²) in [6, 6.07) is 7.58. The van der Waals surface area contributed by atoms with Gasteiger partial charge in [-0.2, -0.15) is 0 Å². The van der Waals surface area contributed by atoms with Crippen LogP contribution in [0, 0.1) is 13.8 Å². The van der Waals surface area contributed by atoms with Gasteiger partial charge in [-0.3, -0.25) is 9.59 Å². The number of thiophene rings is 1. The standard InChI is InChI=1S/C18H19N3O3S2/c1-10-6-4-5-7-12(10)19-16(23)14-11(2)13-15(22)20-18(21-17(13)26-14)25-9-8-24-3/h4-7H,8-9H2,1-3H3,(H,19,23)(H,20,21,22). The Labute approximate surface area is 159 Å². The van der Waals surface area contributed by atoms with E-state index in [1.807, 2.05) is 31.2 Å². The number of thioether (sulfide) groups is 1. The number of ether oxygens (including phenoxy) is 1. The second kappa shape index (κ2) is 8.03. The van der Waals surface area contributed by atoms with Crippen molar-refractivity contribution in [1.82, 2.24) is 9.97 Å². The molecule has 0 atom stereocenters. The molecule has 0 aliphatic carbocycles. The summed E-state index contributed by atoms with van der Waals surface area (Å²) in [4.78, 5) is 33.5. The van der Waals surface area contributed by atoms with Crippen molar-refractivity contribution in [1.29, 1.82) is 0 Å². The molecule has 6 nitrogen and oxygen atoms in total. The van der Waals surface area contributed by atoms with Crippen molar-refractivity contribution < 1.29 is 9.53 Å². The van der Waals surface area contributed by atoms with E-state index in [1.165, 1.54) is 23.1 Å². The highest BCUT2D eigenvalue weighted by atomic mass is 32.2. The Hall–Kier alpha value is -2.16. The number of rotatable bonds is 6. The van der Waals surface area contributed by atoms with Crippen LogP contribution in [0.1, 0.15) is 20.8 Å². The minimum Gasteiger partial charge on any atom is -0.384 e. The van der Waals surface area contributed by atoms with Crippen LogP contribution in [-0.4, -0.2) is 35.3 Å². The second-order valence-electron chi connectivity index (χ2n) is 5.72. The largest absolute Gasteiger partial charge is 0.384 e. The third-order valence-corrected chi connectivity index (χ3v) is 5.93. The Morgan fingerprint density at radius 2 is 2.12 bits per heavy atom. The van der Waals surface area contributed by atoms with Gasteiger partial charge in [0, 0.05) is 18.6 Å². The number of H-pyrrole nitrogens is 1. The van der Waals surface area contributed by atoms with Crippen molar-refractivity contribution in [3.05, 3.63) is 50.6 Å². The highest BCUT2D eigenvalue weighted by Gasteiger charge is 2.20. The van der Waals surface area contributed by atoms with Crippen molar-refractivity contribution in [3.8, 4) is 0 Å². The molecule has 0 bridgehead atoms. The number of nitrogens with zero attached hydrogens (tertiary/aromatic N) is 1. The number of methoxy groups -OCH3 is 1. The summed E-state index contributed by atoms with van der Waals surface area (Å²) in [5.74, 6) is 0.462. The number of hydrogen-bond donors (Lipinski definition) is 2. The van der Waals surface area contributed by atoms with Crippen molar-refractivity contribution in [2.45, 2.75) is 19.0 Å². The number of aromatic amines is 1. The van der Waals surface area contributed by atoms with Gasteiger partial charge in [-0.1, -0.05) is 30.0 Å². The quantitative estimate of drug-likeness (QED) is 0.382. The zero-order valence-electron chi connectivity index (χ0n) is 14.7. The number of nitrogens with one attached hydrogen (secondary N) is 2. The highest BCUT2D eigenvalue weighted by Crippen LogP contribution is 2.29. The summed E-state index contributed by atoms with van der Waals surface area (Å²) in [5, 5.41) is 3.92. The molecule has 0 fully saturated rings. The molecule has 136 valence electrons. The number of carbonyl (C=O) groups excluding carboxylic acids is 1. The zero-order chi connectivity index (χ0) is 18.7. The Morgan fingerprint density at radius 1 is 1.35 bits per heavy atom. The number of amides is 1. The van der Waals surface area contributed by atoms with Crippen LogP contribution in [-0.2, 0) is 4.74 Å². The molecule has 0 radical (unpaired) electrons. The van der Waals surface area contributed by atoms with Crippen molar-refractivity contribution in [2.24, 2.45) is 0 Å². The average Bonchev–Trinajstić information content (AvgIpc) is 2.94. The maximum absolute atomic E-state index is 12.7. The van der Waals surface area contributed by atoms with Gasteiger partial charge >= 0.3 is 0 Å². The van der Waals surface area contributed by atoms with Gasteiger partial charge in [0.1, 0.15) is 4.83 Å². The molecule has 0 aliphatic rings. The maximum Gasteiger partial charge on any atom is 0.266 e. The molecule has 1 amide bonds. The average molecular weight is 390 g/mol. The van der Waals surface area contributed by atoms with Crippen LogP contribution in [0.2, 0.25) is 0 Å². The number of carbonyl (C=O) groups is 1. The molecule has 26 heavy (non-hydrogen) atoms. The van der Waals surface area contributed by atoms with Gasteiger partial charge in [0.15, 0.2) is 5.16 Å². The van der Waals surface area contributed by atoms with Gasteiger partial charge in [-0.25, -0.2) is 4.98 Å². The number of hydrogen-bond acceptors (Lipinski definition) is 6. The van der Waals surface area contributed by atoms with E-state index in [0.29, 0.717) is 38.2 Å². The number of benzene rings is 1. The third kappa shape index (κ3) is 3.82. The minimum absolute atomic E-state index is 0.224. The minimum atomic E-state index is -0.229. The molecule has 0 unspecified atom stereocenters. The summed E-state index contributed by atoms with van der Waals surface area (Å²) in [6.45, 7) is 4.28. The fourth-order valence-electron chi connectivity index (χ4n) is 2.52. The van der Waals surface area contributed by atoms with E-state index in [-0.39, 0.29) is 11.5 Å². The van der Waals surface area contributed by atoms with Crippen LogP contribution in [0.4, 0.5) is 5.69 Å². The van der Waals surface area contributed by atoms with Crippen molar-refractivity contribution in [3.63, 3.8) is 0 Å². The lowest BCUT2D eigenvalue weighted by Gasteiger charge is -2.07. The Balaban J connectivity index is 1.93. The van der Waals surface area contributed by atoms with Crippen LogP contribution >= 0.6 is 23.1 Å². The van der Waals surface area contributed by atoms with E-state index < -0.39 is 0 Å². The molecule has 3 aromatic rings. The smallest absolute Gasteiger partial charge is 0.266 e. The first-order valence-corrected chi connectivity index (χ1v) is 9.83. The van der Waals surface area contributed by atoms with E-state index >= 15 is 0 Å². The number of fused-ring (bicyclic) bond motifs is 1. The van der Waals surface area contributed by atoms with Crippen molar-refractivity contribution >= 4 is 44.9 Å². The molecule has 2 N–H and O–H groups in total. The summed E-state index contributed by atoms with van der Waals surface area (Å²) in [6.07, 6.45) is 0. The monoisotopic (exact) mass is 389 g/mol. The predicted octanol–water partition coefficient (Wildman–Crippen LogP) is 3.59. The predicted molar refractivity (Wildman–Crippen MR) is 107 cm³/mol. The van der Waals surface area contributed by atoms with Gasteiger partial charge in [-0.15, -0.1) is 11.3 Å². The van der Waals surface area contributed by atoms with E-state index in [1.54, 1.807) is 14.0 Å². The van der Waals surface area contributed by atoms with Crippen LogP contribution in [0.3, 0.4) is 0 Å². The van der Waals surface area contributed by atoms with E-state index in [0.717, 1.165) is 11.3 Å². The third-order valence-electron chi connectivity index (χ3n) is 3.90. The lowest BCUT2D eigenvalue weighted by Crippen LogP contribution is -2.13. The van der Waals surface area contributed by atoms with Gasteiger partial charge in [0.05, 0.1) is 16.9 Å². The lowest BCUT2D eigenvalue weighted by atomic mass is 10.2. The Morgan fingerprint density at radius 3 is 2.85 bits per heavy atom. The van der Waals surface area contributed by atoms with Crippen LogP contribution in [0.15, 0.2) is 34.2 Å². The summed E-state index contributed by atoms with van der Waals surface area (Å²) in [7, 11) is 1.63. The molecule has 1 aromatic carbocycles. The lowest BCUT2D eigenvalue weighted by molar-refractivity contribution is 0.103. The van der Waals surface area contributed by atoms with Gasteiger partial charge in [0.25, 0.3) is 11.5 Å². The molecule has 0 saturated carbocycles. The molecule has 0 spiro atoms. The summed E-state index contributed by atoms with van der Waals surface area (Å²) in [5.41, 5.74) is 2.16. The fourth-order valence-corrected chi connectivity index (χ4v) is 4.42. The van der Waals surface area contributed by atoms with E-state index in [4.69, 9.17) is 4.74 Å². The first kappa shape index (κ1) is 18.6. The van der Waals surface area contributed by atoms with Gasteiger partial charge in [0.2, 0.25) is 0 Å². The zero-order valence-corrected chi connectivity index (χ0v) is 16.3. The van der Waals surface area contributed by atoms with Crippen LogP contribution in [0.25, 0.3) is 10.2 Å². The molecule has 3 rings (SSSR count). The van der Waals surface area contributed by atoms with E-state index in [2.05, 4.69) is 15.3 Å². The van der Waals surface area contributed by atoms with Crippen LogP contribution < -0.4 is 10.9 Å². The van der Waals surface area contributed by atoms with Crippen molar-refractivity contribution in [2.75, 3.05) is 24.8 Å². The maximum atomic E-state index is 12.7. The Kier molecular flexibility index (Phi) is 5.75. The first-order chi connectivity index (χ1) is 12.5. The topological polar surface area (TPSA) is 84.1 Å². The number of aryl methyl sites for hydroxylation is 2. The number of para-hydroxylation sites is 1. The summed E-state index contributed by atoms with van der Waals surface area (Å²) >= 11 is 2.65. The van der Waals surface area contributed by atoms with Gasteiger partial charge < -0.3 is 15.0 Å². The first-order valence-electron chi connectivity index (χ1n) is 8.03.